The smallest absolute Gasteiger partial charge is 0.0752 e. The van der Waals surface area contributed by atoms with E-state index in [0.717, 1.165) is 0 Å². The minimum Gasteiger partial charge on any atom is -0.121 e. The normalized spacial score (nSPS) is 42.4. The summed E-state index contributed by atoms with van der Waals surface area (Å²) in [5.74, 6) is -0.188. The van der Waals surface area contributed by atoms with Crippen LogP contribution in [0.3, 0.4) is 0 Å². The van der Waals surface area contributed by atoms with Crippen molar-refractivity contribution in [1.82, 2.24) is 0 Å². The van der Waals surface area contributed by atoms with E-state index in [1.54, 1.807) is 0 Å². The van der Waals surface area contributed by atoms with Crippen molar-refractivity contribution in [3.8, 4) is 0 Å². The van der Waals surface area contributed by atoms with Gasteiger partial charge < -0.3 is 0 Å². The molecular formula is C8H4Cl6. The Morgan fingerprint density at radius 2 is 0.929 bits per heavy atom. The molecule has 0 aromatic heterocycles. The lowest BCUT2D eigenvalue weighted by Crippen LogP contribution is -2.51. The van der Waals surface area contributed by atoms with Crippen LogP contribution in [-0.2, 0) is 0 Å². The molecule has 1 fully saturated rings. The zero-order valence-corrected chi connectivity index (χ0v) is 11.1. The number of alkyl halides is 2. The molecule has 2 aliphatic rings. The zero-order valence-electron chi connectivity index (χ0n) is 6.58. The third-order valence-corrected chi connectivity index (χ3v) is 5.75. The molecule has 6 heteroatoms. The highest BCUT2D eigenvalue weighted by Crippen LogP contribution is 2.58. The van der Waals surface area contributed by atoms with Gasteiger partial charge in [-0.1, -0.05) is 46.4 Å². The van der Waals surface area contributed by atoms with Gasteiger partial charge in [0.25, 0.3) is 0 Å². The van der Waals surface area contributed by atoms with Gasteiger partial charge in [0.05, 0.1) is 20.8 Å². The first-order chi connectivity index (χ1) is 6.46. The minimum atomic E-state index is -0.235. The van der Waals surface area contributed by atoms with Crippen molar-refractivity contribution < 1.29 is 0 Å². The van der Waals surface area contributed by atoms with Gasteiger partial charge in [0.15, 0.2) is 0 Å². The second-order valence-corrected chi connectivity index (χ2v) is 5.84. The van der Waals surface area contributed by atoms with Crippen LogP contribution in [0.15, 0.2) is 20.1 Å². The van der Waals surface area contributed by atoms with Gasteiger partial charge in [-0.2, -0.15) is 0 Å². The van der Waals surface area contributed by atoms with Gasteiger partial charge in [0.2, 0.25) is 0 Å². The first-order valence-corrected chi connectivity index (χ1v) is 6.24. The Morgan fingerprint density at radius 3 is 1.21 bits per heavy atom. The number of allylic oxidation sites excluding steroid dienone is 4. The van der Waals surface area contributed by atoms with Crippen molar-refractivity contribution in [2.45, 2.75) is 10.8 Å². The van der Waals surface area contributed by atoms with Crippen LogP contribution in [0.1, 0.15) is 0 Å². The van der Waals surface area contributed by atoms with Crippen LogP contribution in [0.4, 0.5) is 0 Å². The lowest BCUT2D eigenvalue weighted by Gasteiger charge is -2.48. The molecule has 0 aliphatic heterocycles. The van der Waals surface area contributed by atoms with Crippen LogP contribution in [0.5, 0.6) is 0 Å². The van der Waals surface area contributed by atoms with Gasteiger partial charge in [-0.3, -0.25) is 0 Å². The number of fused-ring (bicyclic) bond motifs is 1. The molecule has 0 bridgehead atoms. The SMILES string of the molecule is ClC1=C(Cl)[C@@H]2[C@@H](Cl)[C@@H](Cl)[C@@H]2C(Cl)=C1Cl. The summed E-state index contributed by atoms with van der Waals surface area (Å²) in [7, 11) is 0. The molecule has 0 N–H and O–H groups in total. The maximum Gasteiger partial charge on any atom is 0.0752 e. The Hall–Kier alpha value is 1.22. The quantitative estimate of drug-likeness (QED) is 0.561. The van der Waals surface area contributed by atoms with E-state index in [-0.39, 0.29) is 32.7 Å². The minimum absolute atomic E-state index is 0.0941. The summed E-state index contributed by atoms with van der Waals surface area (Å²) < 4.78 is 0. The average molecular weight is 313 g/mol. The summed E-state index contributed by atoms with van der Waals surface area (Å²) >= 11 is 35.8. The Labute approximate surface area is 112 Å². The van der Waals surface area contributed by atoms with Crippen molar-refractivity contribution in [2.24, 2.45) is 11.8 Å². The lowest BCUT2D eigenvalue weighted by molar-refractivity contribution is 0.287. The molecule has 0 aromatic carbocycles. The fraction of sp³-hybridized carbons (Fsp3) is 0.500. The van der Waals surface area contributed by atoms with Crippen molar-refractivity contribution in [3.05, 3.63) is 20.1 Å². The summed E-state index contributed by atoms with van der Waals surface area (Å²) in [6.45, 7) is 0. The summed E-state index contributed by atoms with van der Waals surface area (Å²) in [4.78, 5) is 0. The number of rotatable bonds is 0. The molecule has 4 atom stereocenters. The van der Waals surface area contributed by atoms with E-state index in [2.05, 4.69) is 0 Å². The summed E-state index contributed by atoms with van der Waals surface area (Å²) in [6.07, 6.45) is 0. The largest absolute Gasteiger partial charge is 0.121 e. The molecule has 0 spiro atoms. The van der Waals surface area contributed by atoms with Crippen LogP contribution in [0, 0.1) is 11.8 Å². The van der Waals surface area contributed by atoms with Crippen LogP contribution >= 0.6 is 69.6 Å². The lowest BCUT2D eigenvalue weighted by atomic mass is 9.70. The molecule has 0 radical (unpaired) electrons. The van der Waals surface area contributed by atoms with E-state index in [1.807, 2.05) is 0 Å². The monoisotopic (exact) mass is 310 g/mol. The van der Waals surface area contributed by atoms with E-state index in [9.17, 15) is 0 Å². The topological polar surface area (TPSA) is 0 Å². The van der Waals surface area contributed by atoms with Crippen LogP contribution < -0.4 is 0 Å². The molecule has 0 aromatic rings. The standard InChI is InChI=1S/C8H4Cl6/c9-3-1-2(4(3)10)6(12)8(14)7(13)5(1)11/h1-4H/t1-,2+,3+,4-. The highest BCUT2D eigenvalue weighted by Gasteiger charge is 2.54. The summed E-state index contributed by atoms with van der Waals surface area (Å²) in [5.41, 5.74) is 0. The molecule has 2 aliphatic carbocycles. The molecule has 14 heavy (non-hydrogen) atoms. The Bertz CT molecular complexity index is 310. The molecule has 78 valence electrons. The molecule has 0 amide bonds. The first-order valence-electron chi connectivity index (χ1n) is 3.85. The highest BCUT2D eigenvalue weighted by molar-refractivity contribution is 6.52. The van der Waals surface area contributed by atoms with E-state index in [0.29, 0.717) is 10.1 Å². The van der Waals surface area contributed by atoms with Crippen molar-refractivity contribution >= 4 is 69.6 Å². The van der Waals surface area contributed by atoms with Gasteiger partial charge in [0, 0.05) is 21.9 Å². The predicted octanol–water partition coefficient (Wildman–Crippen LogP) is 4.84. The van der Waals surface area contributed by atoms with Gasteiger partial charge >= 0.3 is 0 Å². The fourth-order valence-electron chi connectivity index (χ4n) is 1.74. The van der Waals surface area contributed by atoms with E-state index in [1.165, 1.54) is 0 Å². The van der Waals surface area contributed by atoms with Gasteiger partial charge in [0.1, 0.15) is 0 Å². The Kier molecular flexibility index (Phi) is 3.26. The Balaban J connectivity index is 2.45. The summed E-state index contributed by atoms with van der Waals surface area (Å²) in [6, 6.07) is 0. The third kappa shape index (κ3) is 1.43. The van der Waals surface area contributed by atoms with Crippen molar-refractivity contribution in [1.29, 1.82) is 0 Å². The molecular weight excluding hydrogens is 309 g/mol. The molecule has 1 saturated carbocycles. The van der Waals surface area contributed by atoms with Gasteiger partial charge in [-0.05, 0) is 0 Å². The van der Waals surface area contributed by atoms with E-state index < -0.39 is 0 Å². The number of hydrogen-bond donors (Lipinski definition) is 0. The third-order valence-electron chi connectivity index (χ3n) is 2.57. The van der Waals surface area contributed by atoms with Crippen LogP contribution in [-0.4, -0.2) is 10.8 Å². The first kappa shape index (κ1) is 11.7. The van der Waals surface area contributed by atoms with Crippen LogP contribution in [0.2, 0.25) is 0 Å². The fourth-order valence-corrected chi connectivity index (χ4v) is 4.04. The predicted molar refractivity (Wildman–Crippen MR) is 63.7 cm³/mol. The summed E-state index contributed by atoms with van der Waals surface area (Å²) in [5, 5.41) is 1.02. The highest BCUT2D eigenvalue weighted by atomic mass is 35.5. The number of halogens is 6. The average Bonchev–Trinajstić information content (AvgIpc) is 2.18. The van der Waals surface area contributed by atoms with E-state index >= 15 is 0 Å². The molecule has 0 unspecified atom stereocenters. The number of hydrogen-bond acceptors (Lipinski definition) is 0. The van der Waals surface area contributed by atoms with E-state index in [4.69, 9.17) is 69.6 Å². The van der Waals surface area contributed by atoms with Crippen molar-refractivity contribution in [3.63, 3.8) is 0 Å². The van der Waals surface area contributed by atoms with Gasteiger partial charge in [-0.25, -0.2) is 0 Å². The van der Waals surface area contributed by atoms with Crippen molar-refractivity contribution in [2.75, 3.05) is 0 Å². The maximum absolute atomic E-state index is 6.01. The molecule has 0 heterocycles. The molecule has 0 nitrogen and oxygen atoms in total. The Morgan fingerprint density at radius 1 is 0.643 bits per heavy atom. The van der Waals surface area contributed by atoms with Gasteiger partial charge in [-0.15, -0.1) is 23.2 Å². The second-order valence-electron chi connectivity index (χ2n) is 3.26. The van der Waals surface area contributed by atoms with Crippen LogP contribution in [0.25, 0.3) is 0 Å². The second kappa shape index (κ2) is 3.91. The maximum atomic E-state index is 6.01. The molecule has 0 saturated heterocycles. The molecule has 2 rings (SSSR count). The zero-order chi connectivity index (χ0) is 10.6.